The van der Waals surface area contributed by atoms with Crippen LogP contribution in [0.2, 0.25) is 0 Å². The van der Waals surface area contributed by atoms with E-state index in [9.17, 15) is 4.79 Å². The lowest BCUT2D eigenvalue weighted by Crippen LogP contribution is -2.30. The number of carbonyl (C=O) groups excluding carboxylic acids is 1. The molecule has 2 aromatic rings. The maximum Gasteiger partial charge on any atom is 0.271 e. The predicted molar refractivity (Wildman–Crippen MR) is 101 cm³/mol. The fraction of sp³-hybridized carbons (Fsp3) is 0.524. The van der Waals surface area contributed by atoms with Gasteiger partial charge in [0.15, 0.2) is 17.2 Å². The van der Waals surface area contributed by atoms with E-state index in [0.717, 1.165) is 29.3 Å². The molecule has 5 rings (SSSR count). The van der Waals surface area contributed by atoms with Crippen molar-refractivity contribution in [1.82, 2.24) is 15.1 Å². The van der Waals surface area contributed by atoms with Crippen molar-refractivity contribution in [3.63, 3.8) is 0 Å². The topological polar surface area (TPSA) is 74.6 Å². The molecule has 0 spiro atoms. The molecule has 3 aliphatic rings. The van der Waals surface area contributed by atoms with Crippen LogP contribution in [-0.2, 0) is 17.9 Å². The van der Waals surface area contributed by atoms with Crippen LogP contribution in [0.15, 0.2) is 24.3 Å². The molecule has 7 nitrogen and oxygen atoms in total. The zero-order valence-corrected chi connectivity index (χ0v) is 15.9. The molecule has 0 unspecified atom stereocenters. The molecule has 0 saturated heterocycles. The van der Waals surface area contributed by atoms with Crippen LogP contribution in [-0.4, -0.2) is 29.0 Å². The van der Waals surface area contributed by atoms with E-state index in [1.54, 1.807) is 0 Å². The van der Waals surface area contributed by atoms with E-state index in [4.69, 9.17) is 14.2 Å². The second-order valence-electron chi connectivity index (χ2n) is 7.83. The van der Waals surface area contributed by atoms with Gasteiger partial charge in [-0.3, -0.25) is 9.48 Å². The van der Waals surface area contributed by atoms with E-state index in [1.807, 2.05) is 28.9 Å². The summed E-state index contributed by atoms with van der Waals surface area (Å²) in [6, 6.07) is 7.69. The molecule has 28 heavy (non-hydrogen) atoms. The summed E-state index contributed by atoms with van der Waals surface area (Å²) in [5.74, 6) is 2.02. The number of aromatic nitrogens is 2. The standard InChI is InChI=1S/C21H25N3O4/c25-21(22-10-14-4-2-1-3-5-14)17-9-16-12-26-20(11-24(16)23-17)15-6-7-18-19(8-15)28-13-27-18/h6-9,14,20H,1-5,10-13H2,(H,22,25)/t20-/m0/s1. The molecule has 1 aliphatic carbocycles. The summed E-state index contributed by atoms with van der Waals surface area (Å²) in [7, 11) is 0. The van der Waals surface area contributed by atoms with Gasteiger partial charge < -0.3 is 19.5 Å². The normalized spacial score (nSPS) is 21.4. The van der Waals surface area contributed by atoms with Crippen LogP contribution in [0.25, 0.3) is 0 Å². The van der Waals surface area contributed by atoms with Crippen molar-refractivity contribution in [1.29, 1.82) is 0 Å². The molecule has 7 heteroatoms. The van der Waals surface area contributed by atoms with Crippen LogP contribution in [0.1, 0.15) is 60.0 Å². The highest BCUT2D eigenvalue weighted by Crippen LogP contribution is 2.36. The molecule has 1 aromatic heterocycles. The number of nitrogens with one attached hydrogen (secondary N) is 1. The van der Waals surface area contributed by atoms with Gasteiger partial charge >= 0.3 is 0 Å². The maximum absolute atomic E-state index is 12.5. The number of nitrogens with zero attached hydrogens (tertiary/aromatic N) is 2. The summed E-state index contributed by atoms with van der Waals surface area (Å²) in [5.41, 5.74) is 2.43. The molecule has 1 atom stereocenters. The van der Waals surface area contributed by atoms with Crippen molar-refractivity contribution < 1.29 is 19.0 Å². The molecule has 0 radical (unpaired) electrons. The van der Waals surface area contributed by atoms with Gasteiger partial charge in [0.2, 0.25) is 6.79 Å². The number of carbonyl (C=O) groups is 1. The Morgan fingerprint density at radius 3 is 2.89 bits per heavy atom. The molecule has 1 N–H and O–H groups in total. The Hall–Kier alpha value is -2.54. The average Bonchev–Trinajstić information content (AvgIpc) is 3.38. The van der Waals surface area contributed by atoms with Gasteiger partial charge in [-0.25, -0.2) is 0 Å². The summed E-state index contributed by atoms with van der Waals surface area (Å²) in [6.45, 7) is 2.01. The summed E-state index contributed by atoms with van der Waals surface area (Å²) in [6.07, 6.45) is 6.18. The highest BCUT2D eigenvalue weighted by atomic mass is 16.7. The van der Waals surface area contributed by atoms with Crippen LogP contribution in [0.4, 0.5) is 0 Å². The third-order valence-corrected chi connectivity index (χ3v) is 5.91. The first-order valence-corrected chi connectivity index (χ1v) is 10.1. The minimum atomic E-state index is -0.125. The Morgan fingerprint density at radius 2 is 2.00 bits per heavy atom. The molecule has 1 saturated carbocycles. The predicted octanol–water partition coefficient (Wildman–Crippen LogP) is 3.19. The van der Waals surface area contributed by atoms with Crippen LogP contribution in [0.5, 0.6) is 11.5 Å². The molecule has 2 aliphatic heterocycles. The van der Waals surface area contributed by atoms with Crippen LogP contribution < -0.4 is 14.8 Å². The van der Waals surface area contributed by atoms with Crippen molar-refractivity contribution in [2.45, 2.75) is 51.4 Å². The molecule has 0 bridgehead atoms. The monoisotopic (exact) mass is 383 g/mol. The number of hydrogen-bond acceptors (Lipinski definition) is 5. The van der Waals surface area contributed by atoms with E-state index in [-0.39, 0.29) is 18.8 Å². The third kappa shape index (κ3) is 3.46. The number of fused-ring (bicyclic) bond motifs is 2. The van der Waals surface area contributed by atoms with Gasteiger partial charge in [0.1, 0.15) is 6.10 Å². The maximum atomic E-state index is 12.5. The molecule has 1 aromatic carbocycles. The van der Waals surface area contributed by atoms with Crippen LogP contribution in [0.3, 0.4) is 0 Å². The Morgan fingerprint density at radius 1 is 1.14 bits per heavy atom. The summed E-state index contributed by atoms with van der Waals surface area (Å²) in [5, 5.41) is 7.59. The van der Waals surface area contributed by atoms with Crippen LogP contribution in [0, 0.1) is 5.92 Å². The first-order chi connectivity index (χ1) is 13.8. The van der Waals surface area contributed by atoms with Gasteiger partial charge in [-0.05, 0) is 42.5 Å². The molecule has 1 fully saturated rings. The first kappa shape index (κ1) is 17.6. The van der Waals surface area contributed by atoms with E-state index >= 15 is 0 Å². The largest absolute Gasteiger partial charge is 0.454 e. The fourth-order valence-corrected chi connectivity index (χ4v) is 4.27. The van der Waals surface area contributed by atoms with Crippen molar-refractivity contribution >= 4 is 5.91 Å². The summed E-state index contributed by atoms with van der Waals surface area (Å²) >= 11 is 0. The van der Waals surface area contributed by atoms with E-state index < -0.39 is 0 Å². The third-order valence-electron chi connectivity index (χ3n) is 5.91. The quantitative estimate of drug-likeness (QED) is 0.878. The summed E-state index contributed by atoms with van der Waals surface area (Å²) < 4.78 is 18.7. The van der Waals surface area contributed by atoms with Crippen molar-refractivity contribution in [2.24, 2.45) is 5.92 Å². The Kier molecular flexibility index (Phi) is 4.68. The second-order valence-corrected chi connectivity index (χ2v) is 7.83. The van der Waals surface area contributed by atoms with Gasteiger partial charge in [-0.15, -0.1) is 0 Å². The zero-order chi connectivity index (χ0) is 18.9. The fourth-order valence-electron chi connectivity index (χ4n) is 4.27. The Bertz CT molecular complexity index is 873. The van der Waals surface area contributed by atoms with Crippen molar-refractivity contribution in [2.75, 3.05) is 13.3 Å². The molecular formula is C21H25N3O4. The van der Waals surface area contributed by atoms with Gasteiger partial charge in [-0.1, -0.05) is 25.3 Å². The zero-order valence-electron chi connectivity index (χ0n) is 15.9. The minimum Gasteiger partial charge on any atom is -0.454 e. The van der Waals surface area contributed by atoms with Gasteiger partial charge in [0, 0.05) is 6.54 Å². The SMILES string of the molecule is O=C(NCC1CCCCC1)c1cc2n(n1)C[C@@H](c1ccc3c(c1)OCO3)OC2. The number of hydrogen-bond donors (Lipinski definition) is 1. The first-order valence-electron chi connectivity index (χ1n) is 10.1. The smallest absolute Gasteiger partial charge is 0.271 e. The second kappa shape index (κ2) is 7.47. The van der Waals surface area contributed by atoms with E-state index in [0.29, 0.717) is 24.8 Å². The number of amides is 1. The molecule has 1 amide bonds. The minimum absolute atomic E-state index is 0.0906. The lowest BCUT2D eigenvalue weighted by Gasteiger charge is -2.24. The highest BCUT2D eigenvalue weighted by molar-refractivity contribution is 5.92. The van der Waals surface area contributed by atoms with Gasteiger partial charge in [0.25, 0.3) is 5.91 Å². The highest BCUT2D eigenvalue weighted by Gasteiger charge is 2.26. The molecular weight excluding hydrogens is 358 g/mol. The Labute approximate surface area is 164 Å². The lowest BCUT2D eigenvalue weighted by molar-refractivity contribution is -0.00128. The lowest BCUT2D eigenvalue weighted by atomic mass is 9.89. The molecule has 3 heterocycles. The van der Waals surface area contributed by atoms with E-state index in [2.05, 4.69) is 10.4 Å². The number of rotatable bonds is 4. The van der Waals surface area contributed by atoms with Crippen LogP contribution >= 0.6 is 0 Å². The van der Waals surface area contributed by atoms with Crippen molar-refractivity contribution in [3.05, 3.63) is 41.2 Å². The van der Waals surface area contributed by atoms with Gasteiger partial charge in [-0.2, -0.15) is 5.10 Å². The number of benzene rings is 1. The van der Waals surface area contributed by atoms with Gasteiger partial charge in [0.05, 0.1) is 18.8 Å². The number of ether oxygens (including phenoxy) is 3. The average molecular weight is 383 g/mol. The van der Waals surface area contributed by atoms with Crippen molar-refractivity contribution in [3.8, 4) is 11.5 Å². The summed E-state index contributed by atoms with van der Waals surface area (Å²) in [4.78, 5) is 12.5. The van der Waals surface area contributed by atoms with E-state index in [1.165, 1.54) is 32.1 Å². The Balaban J connectivity index is 1.24. The molecule has 148 valence electrons.